The Morgan fingerprint density at radius 1 is 1.50 bits per heavy atom. The summed E-state index contributed by atoms with van der Waals surface area (Å²) in [6.45, 7) is 2.24. The Morgan fingerprint density at radius 2 is 2.17 bits per heavy atom. The summed E-state index contributed by atoms with van der Waals surface area (Å²) in [4.78, 5) is 10.8. The molecule has 0 aromatic rings. The highest BCUT2D eigenvalue weighted by Gasteiger charge is 2.03. The lowest BCUT2D eigenvalue weighted by Gasteiger charge is -2.10. The number of ether oxygens (including phenoxy) is 3. The number of rotatable bonds is 5. The second-order valence-corrected chi connectivity index (χ2v) is 2.27. The average molecular weight is 177 g/mol. The number of hydrogen-bond acceptors (Lipinski definition) is 4. The molecule has 72 valence electrons. The molecule has 0 saturated heterocycles. The molecule has 0 aliphatic carbocycles. The number of carbonyl (C=O) groups excluding carboxylic acids is 1. The molecule has 1 atom stereocenters. The zero-order valence-corrected chi connectivity index (χ0v) is 7.62. The molecule has 5 heteroatoms. The van der Waals surface area contributed by atoms with Crippen LogP contribution >= 0.6 is 0 Å². The first-order valence-corrected chi connectivity index (χ1v) is 3.63. The fraction of sp³-hybridized carbons (Fsp3) is 0.857. The Labute approximate surface area is 72.0 Å². The first kappa shape index (κ1) is 11.2. The van der Waals surface area contributed by atoms with Gasteiger partial charge in [0, 0.05) is 20.8 Å². The van der Waals surface area contributed by atoms with Gasteiger partial charge in [0.05, 0.1) is 6.10 Å². The van der Waals surface area contributed by atoms with Crippen LogP contribution in [-0.2, 0) is 14.2 Å². The molecule has 0 heterocycles. The van der Waals surface area contributed by atoms with Gasteiger partial charge in [-0.2, -0.15) is 0 Å². The molecule has 0 saturated carbocycles. The van der Waals surface area contributed by atoms with Crippen molar-refractivity contribution in [2.75, 3.05) is 27.6 Å². The second kappa shape index (κ2) is 6.87. The fourth-order valence-electron chi connectivity index (χ4n) is 0.474. The molecule has 1 N–H and O–H groups in total. The van der Waals surface area contributed by atoms with E-state index in [1.54, 1.807) is 7.11 Å². The molecule has 0 radical (unpaired) electrons. The van der Waals surface area contributed by atoms with Crippen molar-refractivity contribution in [1.29, 1.82) is 0 Å². The van der Waals surface area contributed by atoms with E-state index in [9.17, 15) is 4.79 Å². The average Bonchev–Trinajstić information content (AvgIpc) is 2.10. The van der Waals surface area contributed by atoms with Gasteiger partial charge in [-0.05, 0) is 6.92 Å². The van der Waals surface area contributed by atoms with E-state index in [1.807, 2.05) is 6.92 Å². The van der Waals surface area contributed by atoms with Crippen LogP contribution in [0.25, 0.3) is 0 Å². The van der Waals surface area contributed by atoms with E-state index in [0.29, 0.717) is 6.54 Å². The minimum absolute atomic E-state index is 0.0138. The molecular formula is C7H15NO4. The Balaban J connectivity index is 3.31. The molecule has 0 aromatic carbocycles. The largest absolute Gasteiger partial charge is 0.422 e. The lowest BCUT2D eigenvalue weighted by Crippen LogP contribution is -2.32. The summed E-state index contributed by atoms with van der Waals surface area (Å²) < 4.78 is 14.0. The molecular weight excluding hydrogens is 162 g/mol. The third-order valence-electron chi connectivity index (χ3n) is 1.24. The summed E-state index contributed by atoms with van der Waals surface area (Å²) >= 11 is 0. The SMILES string of the molecule is COCOC(=O)NCC(C)OC. The van der Waals surface area contributed by atoms with Crippen LogP contribution in [0.2, 0.25) is 0 Å². The maximum absolute atomic E-state index is 10.8. The second-order valence-electron chi connectivity index (χ2n) is 2.27. The van der Waals surface area contributed by atoms with Gasteiger partial charge in [-0.25, -0.2) is 4.79 Å². The van der Waals surface area contributed by atoms with Gasteiger partial charge in [-0.15, -0.1) is 0 Å². The summed E-state index contributed by atoms with van der Waals surface area (Å²) in [6.07, 6.45) is -0.513. The summed E-state index contributed by atoms with van der Waals surface area (Å²) in [5, 5.41) is 2.50. The zero-order valence-electron chi connectivity index (χ0n) is 7.62. The molecule has 0 spiro atoms. The molecule has 5 nitrogen and oxygen atoms in total. The smallest absolute Gasteiger partial charge is 0.409 e. The first-order chi connectivity index (χ1) is 5.70. The van der Waals surface area contributed by atoms with E-state index < -0.39 is 6.09 Å². The van der Waals surface area contributed by atoms with Gasteiger partial charge in [-0.3, -0.25) is 0 Å². The van der Waals surface area contributed by atoms with E-state index in [-0.39, 0.29) is 12.9 Å². The minimum Gasteiger partial charge on any atom is -0.422 e. The topological polar surface area (TPSA) is 56.8 Å². The number of alkyl carbamates (subject to hydrolysis) is 1. The third-order valence-corrected chi connectivity index (χ3v) is 1.24. The van der Waals surface area contributed by atoms with Crippen LogP contribution in [0.3, 0.4) is 0 Å². The number of nitrogens with one attached hydrogen (secondary N) is 1. The van der Waals surface area contributed by atoms with Gasteiger partial charge >= 0.3 is 6.09 Å². The van der Waals surface area contributed by atoms with Crippen LogP contribution in [0.1, 0.15) is 6.92 Å². The van der Waals surface area contributed by atoms with Crippen LogP contribution in [0.4, 0.5) is 4.79 Å². The van der Waals surface area contributed by atoms with Crippen molar-refractivity contribution in [3.05, 3.63) is 0 Å². The van der Waals surface area contributed by atoms with E-state index >= 15 is 0 Å². The summed E-state index contributed by atoms with van der Waals surface area (Å²) in [6, 6.07) is 0. The Bertz CT molecular complexity index is 129. The van der Waals surface area contributed by atoms with Crippen molar-refractivity contribution >= 4 is 6.09 Å². The molecule has 0 aliphatic rings. The maximum atomic E-state index is 10.8. The Kier molecular flexibility index (Phi) is 6.41. The lowest BCUT2D eigenvalue weighted by molar-refractivity contribution is 0.0100. The van der Waals surface area contributed by atoms with Gasteiger partial charge in [0.15, 0.2) is 6.79 Å². The van der Waals surface area contributed by atoms with Crippen molar-refractivity contribution in [3.63, 3.8) is 0 Å². The Morgan fingerprint density at radius 3 is 2.67 bits per heavy atom. The number of methoxy groups -OCH3 is 2. The van der Waals surface area contributed by atoms with E-state index in [0.717, 1.165) is 0 Å². The number of hydrogen-bond donors (Lipinski definition) is 1. The highest BCUT2D eigenvalue weighted by Crippen LogP contribution is 1.85. The van der Waals surface area contributed by atoms with E-state index in [1.165, 1.54) is 7.11 Å². The number of amides is 1. The van der Waals surface area contributed by atoms with E-state index in [4.69, 9.17) is 4.74 Å². The quantitative estimate of drug-likeness (QED) is 0.616. The van der Waals surface area contributed by atoms with Gasteiger partial charge in [0.25, 0.3) is 0 Å². The van der Waals surface area contributed by atoms with Crippen LogP contribution in [0.15, 0.2) is 0 Å². The van der Waals surface area contributed by atoms with Gasteiger partial charge in [0.2, 0.25) is 0 Å². The predicted molar refractivity (Wildman–Crippen MR) is 42.8 cm³/mol. The molecule has 1 unspecified atom stereocenters. The third kappa shape index (κ3) is 5.94. The molecule has 0 aliphatic heterocycles. The van der Waals surface area contributed by atoms with Crippen molar-refractivity contribution in [2.24, 2.45) is 0 Å². The van der Waals surface area contributed by atoms with Crippen LogP contribution in [-0.4, -0.2) is 39.8 Å². The normalized spacial score (nSPS) is 12.2. The van der Waals surface area contributed by atoms with Crippen LogP contribution in [0, 0.1) is 0 Å². The fourth-order valence-corrected chi connectivity index (χ4v) is 0.474. The molecule has 0 fully saturated rings. The van der Waals surface area contributed by atoms with Gasteiger partial charge in [-0.1, -0.05) is 0 Å². The molecule has 12 heavy (non-hydrogen) atoms. The van der Waals surface area contributed by atoms with Crippen molar-refractivity contribution in [3.8, 4) is 0 Å². The summed E-state index contributed by atoms with van der Waals surface area (Å²) in [5.41, 5.74) is 0. The maximum Gasteiger partial charge on any atom is 0.409 e. The van der Waals surface area contributed by atoms with Gasteiger partial charge in [0.1, 0.15) is 0 Å². The molecule has 1 amide bonds. The molecule has 0 rings (SSSR count). The lowest BCUT2D eigenvalue weighted by atomic mass is 10.4. The molecule has 0 aromatic heterocycles. The van der Waals surface area contributed by atoms with Gasteiger partial charge < -0.3 is 19.5 Å². The van der Waals surface area contributed by atoms with Crippen molar-refractivity contribution < 1.29 is 19.0 Å². The summed E-state index contributed by atoms with van der Waals surface area (Å²) in [7, 11) is 3.03. The van der Waals surface area contributed by atoms with Crippen molar-refractivity contribution in [1.82, 2.24) is 5.32 Å². The predicted octanol–water partition coefficient (Wildman–Crippen LogP) is 0.351. The minimum atomic E-state index is -0.499. The zero-order chi connectivity index (χ0) is 9.40. The first-order valence-electron chi connectivity index (χ1n) is 3.63. The summed E-state index contributed by atoms with van der Waals surface area (Å²) in [5.74, 6) is 0. The van der Waals surface area contributed by atoms with Crippen molar-refractivity contribution in [2.45, 2.75) is 13.0 Å². The monoisotopic (exact) mass is 177 g/mol. The highest BCUT2D eigenvalue weighted by molar-refractivity contribution is 5.66. The number of carbonyl (C=O) groups is 1. The van der Waals surface area contributed by atoms with Crippen LogP contribution < -0.4 is 5.32 Å². The Hall–Kier alpha value is -0.810. The van der Waals surface area contributed by atoms with Crippen LogP contribution in [0.5, 0.6) is 0 Å². The molecule has 0 bridgehead atoms. The standard InChI is InChI=1S/C7H15NO4/c1-6(11-3)4-8-7(9)12-5-10-2/h6H,4-5H2,1-3H3,(H,8,9). The highest BCUT2D eigenvalue weighted by atomic mass is 16.7. The van der Waals surface area contributed by atoms with E-state index in [2.05, 4.69) is 14.8 Å².